The molecule has 3 heterocycles. The van der Waals surface area contributed by atoms with Gasteiger partial charge in [-0.3, -0.25) is 9.69 Å². The molecule has 0 unspecified atom stereocenters. The molecule has 1 aliphatic rings. The molecular weight excluding hydrogens is 484 g/mol. The fourth-order valence-electron chi connectivity index (χ4n) is 4.93. The van der Waals surface area contributed by atoms with E-state index in [4.69, 9.17) is 10.7 Å². The highest BCUT2D eigenvalue weighted by atomic mass is 35.5. The number of rotatable bonds is 8. The number of piperidine rings is 1. The van der Waals surface area contributed by atoms with Crippen molar-refractivity contribution in [3.05, 3.63) is 59.4 Å². The van der Waals surface area contributed by atoms with Gasteiger partial charge in [0.05, 0.1) is 28.6 Å². The van der Waals surface area contributed by atoms with Crippen LogP contribution in [0.1, 0.15) is 62.2 Å². The average molecular weight is 523 g/mol. The van der Waals surface area contributed by atoms with Crippen LogP contribution in [0.5, 0.6) is 0 Å². The summed E-state index contributed by atoms with van der Waals surface area (Å²) in [5.41, 5.74) is 11.2. The molecule has 1 aliphatic heterocycles. The molecular formula is C29H39ClN6O. The van der Waals surface area contributed by atoms with Gasteiger partial charge in [-0.2, -0.15) is 5.26 Å². The number of nitriles is 1. The minimum Gasteiger partial charge on any atom is -0.338 e. The van der Waals surface area contributed by atoms with Crippen LogP contribution >= 0.6 is 12.4 Å². The van der Waals surface area contributed by atoms with E-state index >= 15 is 0 Å². The monoisotopic (exact) mass is 522 g/mol. The van der Waals surface area contributed by atoms with Crippen LogP contribution < -0.4 is 5.73 Å². The Labute approximate surface area is 226 Å². The molecule has 2 aromatic heterocycles. The molecule has 1 amide bonds. The Balaban J connectivity index is 0.00000380. The van der Waals surface area contributed by atoms with Gasteiger partial charge in [0, 0.05) is 50.5 Å². The number of amides is 1. The number of pyridine rings is 1. The van der Waals surface area contributed by atoms with Crippen LogP contribution in [-0.4, -0.2) is 57.3 Å². The normalized spacial score (nSPS) is 14.6. The number of halogens is 1. The van der Waals surface area contributed by atoms with Crippen LogP contribution in [0.4, 0.5) is 0 Å². The second-order valence-electron chi connectivity index (χ2n) is 10.9. The van der Waals surface area contributed by atoms with E-state index in [0.717, 1.165) is 68.2 Å². The third-order valence-electron chi connectivity index (χ3n) is 6.72. The van der Waals surface area contributed by atoms with Crippen molar-refractivity contribution < 1.29 is 4.79 Å². The molecule has 0 bridgehead atoms. The Morgan fingerprint density at radius 3 is 2.27 bits per heavy atom. The standard InChI is InChI=1S/C29H38N6O.ClH/c1-20(2)16-34(17-21(3)4)29(36)24-9-10-27-32-28(23-7-5-22(15-30)6-8-23)26(35(27)18-24)19-33-13-11-25(31)12-14-33;/h5-10,18,20-21,25H,11-14,16-17,19,31H2,1-4H3;1H. The Morgan fingerprint density at radius 2 is 1.70 bits per heavy atom. The lowest BCUT2D eigenvalue weighted by Crippen LogP contribution is -2.39. The lowest BCUT2D eigenvalue weighted by atomic mass is 10.0. The molecule has 0 saturated carbocycles. The Bertz CT molecular complexity index is 1230. The molecule has 7 nitrogen and oxygen atoms in total. The SMILES string of the molecule is CC(C)CN(CC(C)C)C(=O)c1ccc2nc(-c3ccc(C#N)cc3)c(CN3CCC(N)CC3)n2c1.Cl. The van der Waals surface area contributed by atoms with Crippen molar-refractivity contribution in [3.8, 4) is 17.3 Å². The summed E-state index contributed by atoms with van der Waals surface area (Å²) in [5, 5.41) is 9.22. The van der Waals surface area contributed by atoms with Gasteiger partial charge in [0.25, 0.3) is 5.91 Å². The van der Waals surface area contributed by atoms with Gasteiger partial charge in [-0.15, -0.1) is 12.4 Å². The number of carbonyl (C=O) groups excluding carboxylic acids is 1. The highest BCUT2D eigenvalue weighted by molar-refractivity contribution is 5.94. The first kappa shape index (κ1) is 28.6. The molecule has 2 N–H and O–H groups in total. The quantitative estimate of drug-likeness (QED) is 0.451. The number of benzene rings is 1. The van der Waals surface area contributed by atoms with E-state index in [2.05, 4.69) is 43.1 Å². The Hall–Kier alpha value is -2.92. The molecule has 1 saturated heterocycles. The summed E-state index contributed by atoms with van der Waals surface area (Å²) in [6.45, 7) is 12.7. The maximum Gasteiger partial charge on any atom is 0.255 e. The van der Waals surface area contributed by atoms with Gasteiger partial charge in [0.15, 0.2) is 0 Å². The summed E-state index contributed by atoms with van der Waals surface area (Å²) in [6, 6.07) is 13.8. The highest BCUT2D eigenvalue weighted by Crippen LogP contribution is 2.28. The van der Waals surface area contributed by atoms with Crippen LogP contribution in [0.25, 0.3) is 16.9 Å². The Morgan fingerprint density at radius 1 is 1.08 bits per heavy atom. The fourth-order valence-corrected chi connectivity index (χ4v) is 4.93. The van der Waals surface area contributed by atoms with Crippen molar-refractivity contribution in [2.24, 2.45) is 17.6 Å². The molecule has 1 aromatic carbocycles. The number of nitrogens with two attached hydrogens (primary N) is 1. The number of likely N-dealkylation sites (tertiary alicyclic amines) is 1. The number of fused-ring (bicyclic) bond motifs is 1. The van der Waals surface area contributed by atoms with Crippen molar-refractivity contribution in [2.45, 2.75) is 53.1 Å². The lowest BCUT2D eigenvalue weighted by molar-refractivity contribution is 0.0714. The second kappa shape index (κ2) is 12.6. The average Bonchev–Trinajstić information content (AvgIpc) is 3.21. The van der Waals surface area contributed by atoms with E-state index in [1.54, 1.807) is 0 Å². The van der Waals surface area contributed by atoms with Gasteiger partial charge < -0.3 is 15.0 Å². The van der Waals surface area contributed by atoms with Crippen molar-refractivity contribution in [2.75, 3.05) is 26.2 Å². The molecule has 3 aromatic rings. The van der Waals surface area contributed by atoms with Crippen molar-refractivity contribution >= 4 is 24.0 Å². The summed E-state index contributed by atoms with van der Waals surface area (Å²) in [7, 11) is 0. The van der Waals surface area contributed by atoms with Crippen LogP contribution in [0.2, 0.25) is 0 Å². The van der Waals surface area contributed by atoms with Gasteiger partial charge in [-0.1, -0.05) is 39.8 Å². The van der Waals surface area contributed by atoms with E-state index in [9.17, 15) is 10.1 Å². The predicted molar refractivity (Wildman–Crippen MR) is 151 cm³/mol. The van der Waals surface area contributed by atoms with E-state index in [-0.39, 0.29) is 24.4 Å². The molecule has 0 radical (unpaired) electrons. The second-order valence-corrected chi connectivity index (χ2v) is 10.9. The Kier molecular flexibility index (Phi) is 9.72. The number of carbonyl (C=O) groups is 1. The van der Waals surface area contributed by atoms with Gasteiger partial charge in [-0.25, -0.2) is 4.98 Å². The molecule has 0 atom stereocenters. The predicted octanol–water partition coefficient (Wildman–Crippen LogP) is 4.97. The highest BCUT2D eigenvalue weighted by Gasteiger charge is 2.23. The van der Waals surface area contributed by atoms with Crippen LogP contribution in [0.3, 0.4) is 0 Å². The molecule has 4 rings (SSSR count). The van der Waals surface area contributed by atoms with Gasteiger partial charge in [0.1, 0.15) is 5.65 Å². The lowest BCUT2D eigenvalue weighted by Gasteiger charge is -2.30. The minimum absolute atomic E-state index is 0. The number of hydrogen-bond donors (Lipinski definition) is 1. The zero-order valence-corrected chi connectivity index (χ0v) is 23.2. The molecule has 198 valence electrons. The zero-order chi connectivity index (χ0) is 25.8. The summed E-state index contributed by atoms with van der Waals surface area (Å²) in [5.74, 6) is 0.852. The van der Waals surface area contributed by atoms with Crippen LogP contribution in [0, 0.1) is 23.2 Å². The maximum absolute atomic E-state index is 13.6. The summed E-state index contributed by atoms with van der Waals surface area (Å²) < 4.78 is 2.08. The third kappa shape index (κ3) is 6.89. The first-order chi connectivity index (χ1) is 17.2. The summed E-state index contributed by atoms with van der Waals surface area (Å²) in [4.78, 5) is 22.9. The summed E-state index contributed by atoms with van der Waals surface area (Å²) in [6.07, 6.45) is 3.91. The molecule has 1 fully saturated rings. The van der Waals surface area contributed by atoms with Gasteiger partial charge >= 0.3 is 0 Å². The zero-order valence-electron chi connectivity index (χ0n) is 22.4. The number of nitrogens with zero attached hydrogens (tertiary/aromatic N) is 5. The number of hydrogen-bond acceptors (Lipinski definition) is 5. The van der Waals surface area contributed by atoms with Crippen LogP contribution in [0.15, 0.2) is 42.6 Å². The number of aromatic nitrogens is 2. The molecule has 8 heteroatoms. The molecule has 0 aliphatic carbocycles. The fraction of sp³-hybridized carbons (Fsp3) is 0.483. The first-order valence-corrected chi connectivity index (χ1v) is 13.0. The largest absolute Gasteiger partial charge is 0.338 e. The molecule has 37 heavy (non-hydrogen) atoms. The molecule has 0 spiro atoms. The van der Waals surface area contributed by atoms with E-state index < -0.39 is 0 Å². The maximum atomic E-state index is 13.6. The number of imidazole rings is 1. The first-order valence-electron chi connectivity index (χ1n) is 13.0. The third-order valence-corrected chi connectivity index (χ3v) is 6.72. The smallest absolute Gasteiger partial charge is 0.255 e. The van der Waals surface area contributed by atoms with E-state index in [1.807, 2.05) is 47.5 Å². The van der Waals surface area contributed by atoms with Gasteiger partial charge in [0.2, 0.25) is 0 Å². The summed E-state index contributed by atoms with van der Waals surface area (Å²) >= 11 is 0. The van der Waals surface area contributed by atoms with E-state index in [0.29, 0.717) is 23.0 Å². The van der Waals surface area contributed by atoms with Gasteiger partial charge in [-0.05, 0) is 48.9 Å². The minimum atomic E-state index is 0. The van der Waals surface area contributed by atoms with Crippen molar-refractivity contribution in [3.63, 3.8) is 0 Å². The topological polar surface area (TPSA) is 90.7 Å². The van der Waals surface area contributed by atoms with Crippen molar-refractivity contribution in [1.82, 2.24) is 19.2 Å². The van der Waals surface area contributed by atoms with Crippen LogP contribution in [-0.2, 0) is 6.54 Å². The van der Waals surface area contributed by atoms with Crippen molar-refractivity contribution in [1.29, 1.82) is 5.26 Å². The van der Waals surface area contributed by atoms with E-state index in [1.165, 1.54) is 0 Å².